The van der Waals surface area contributed by atoms with Crippen molar-refractivity contribution in [3.05, 3.63) is 41.5 Å². The van der Waals surface area contributed by atoms with Crippen molar-refractivity contribution in [2.75, 3.05) is 10.8 Å². The molecule has 0 bridgehead atoms. The minimum atomic E-state index is -3.62. The first kappa shape index (κ1) is 13.5. The Morgan fingerprint density at radius 1 is 1.32 bits per heavy atom. The summed E-state index contributed by atoms with van der Waals surface area (Å²) in [5.41, 5.74) is 0.560. The summed E-state index contributed by atoms with van der Waals surface area (Å²) in [5.74, 6) is 0. The molecule has 0 saturated heterocycles. The van der Waals surface area contributed by atoms with E-state index in [0.717, 1.165) is 11.3 Å². The molecule has 0 radical (unpaired) electrons. The van der Waals surface area contributed by atoms with E-state index in [1.165, 1.54) is 16.4 Å². The number of nitrogens with zero attached hydrogens (tertiary/aromatic N) is 3. The SMILES string of the molecule is CCN(c1ccncc1)S(=O)(=O)c1ccc(C#N)s1. The molecule has 19 heavy (non-hydrogen) atoms. The summed E-state index contributed by atoms with van der Waals surface area (Å²) in [7, 11) is -3.62. The molecule has 0 aliphatic rings. The second kappa shape index (κ2) is 5.38. The monoisotopic (exact) mass is 293 g/mol. The quantitative estimate of drug-likeness (QED) is 0.866. The van der Waals surface area contributed by atoms with Gasteiger partial charge in [-0.15, -0.1) is 11.3 Å². The molecule has 0 aliphatic heterocycles. The first-order valence-corrected chi connectivity index (χ1v) is 7.78. The van der Waals surface area contributed by atoms with Crippen molar-refractivity contribution in [1.82, 2.24) is 4.98 Å². The van der Waals surface area contributed by atoms with E-state index >= 15 is 0 Å². The van der Waals surface area contributed by atoms with Gasteiger partial charge in [0.05, 0.1) is 5.69 Å². The minimum absolute atomic E-state index is 0.169. The van der Waals surface area contributed by atoms with Crippen molar-refractivity contribution >= 4 is 27.0 Å². The second-order valence-electron chi connectivity index (χ2n) is 3.61. The van der Waals surface area contributed by atoms with E-state index in [9.17, 15) is 8.42 Å². The van der Waals surface area contributed by atoms with Gasteiger partial charge in [0.2, 0.25) is 0 Å². The number of aromatic nitrogens is 1. The zero-order valence-electron chi connectivity index (χ0n) is 10.1. The highest BCUT2D eigenvalue weighted by Crippen LogP contribution is 2.27. The highest BCUT2D eigenvalue weighted by molar-refractivity contribution is 7.94. The zero-order valence-corrected chi connectivity index (χ0v) is 11.8. The molecule has 0 amide bonds. The van der Waals surface area contributed by atoms with Gasteiger partial charge in [0, 0.05) is 18.9 Å². The zero-order chi connectivity index (χ0) is 13.9. The van der Waals surface area contributed by atoms with Crippen LogP contribution in [-0.4, -0.2) is 19.9 Å². The topological polar surface area (TPSA) is 74.1 Å². The Balaban J connectivity index is 2.45. The fraction of sp³-hybridized carbons (Fsp3) is 0.167. The van der Waals surface area contributed by atoms with Gasteiger partial charge in [-0.3, -0.25) is 9.29 Å². The number of hydrogen-bond donors (Lipinski definition) is 0. The number of rotatable bonds is 4. The Hall–Kier alpha value is -1.91. The van der Waals surface area contributed by atoms with E-state index in [2.05, 4.69) is 4.98 Å². The Labute approximate surface area is 115 Å². The van der Waals surface area contributed by atoms with E-state index in [1.54, 1.807) is 31.5 Å². The molecule has 0 spiro atoms. The first-order valence-electron chi connectivity index (χ1n) is 5.52. The number of thiophene rings is 1. The van der Waals surface area contributed by atoms with Crippen LogP contribution in [0.1, 0.15) is 11.8 Å². The summed E-state index contributed by atoms with van der Waals surface area (Å²) in [6.07, 6.45) is 3.09. The van der Waals surface area contributed by atoms with E-state index in [4.69, 9.17) is 5.26 Å². The Morgan fingerprint density at radius 2 is 2.00 bits per heavy atom. The van der Waals surface area contributed by atoms with Crippen molar-refractivity contribution in [2.45, 2.75) is 11.1 Å². The van der Waals surface area contributed by atoms with Crippen molar-refractivity contribution in [2.24, 2.45) is 0 Å². The lowest BCUT2D eigenvalue weighted by Crippen LogP contribution is -2.30. The number of anilines is 1. The van der Waals surface area contributed by atoms with E-state index in [1.807, 2.05) is 6.07 Å². The lowest BCUT2D eigenvalue weighted by Gasteiger charge is -2.21. The fourth-order valence-corrected chi connectivity index (χ4v) is 4.32. The van der Waals surface area contributed by atoms with Crippen molar-refractivity contribution in [1.29, 1.82) is 5.26 Å². The standard InChI is InChI=1S/C12H11N3O2S2/c1-2-15(10-5-7-14-8-6-10)19(16,17)12-4-3-11(9-13)18-12/h3-8H,2H2,1H3. The number of pyridine rings is 1. The molecule has 0 fully saturated rings. The summed E-state index contributed by atoms with van der Waals surface area (Å²) in [5, 5.41) is 8.77. The van der Waals surface area contributed by atoms with Crippen LogP contribution in [0.25, 0.3) is 0 Å². The van der Waals surface area contributed by atoms with Gasteiger partial charge in [0.1, 0.15) is 15.2 Å². The van der Waals surface area contributed by atoms with Crippen LogP contribution in [0, 0.1) is 11.3 Å². The van der Waals surface area contributed by atoms with Crippen molar-refractivity contribution in [3.8, 4) is 6.07 Å². The van der Waals surface area contributed by atoms with Crippen LogP contribution in [-0.2, 0) is 10.0 Å². The van der Waals surface area contributed by atoms with Gasteiger partial charge in [0.25, 0.3) is 10.0 Å². The van der Waals surface area contributed by atoms with Gasteiger partial charge in [-0.1, -0.05) is 0 Å². The summed E-state index contributed by atoms with van der Waals surface area (Å²) >= 11 is 0.972. The summed E-state index contributed by atoms with van der Waals surface area (Å²) in [6.45, 7) is 2.07. The summed E-state index contributed by atoms with van der Waals surface area (Å²) < 4.78 is 26.5. The van der Waals surface area contributed by atoms with Gasteiger partial charge in [-0.25, -0.2) is 8.42 Å². The molecule has 2 aromatic heterocycles. The average molecular weight is 293 g/mol. The molecule has 0 atom stereocenters. The highest BCUT2D eigenvalue weighted by atomic mass is 32.2. The first-order chi connectivity index (χ1) is 9.09. The number of nitriles is 1. The van der Waals surface area contributed by atoms with Crippen LogP contribution in [0.15, 0.2) is 40.9 Å². The second-order valence-corrected chi connectivity index (χ2v) is 6.78. The van der Waals surface area contributed by atoms with Crippen LogP contribution in [0.5, 0.6) is 0 Å². The predicted octanol–water partition coefficient (Wildman–Crippen LogP) is 2.23. The van der Waals surface area contributed by atoms with Crippen LogP contribution in [0.4, 0.5) is 5.69 Å². The van der Waals surface area contributed by atoms with Crippen molar-refractivity contribution in [3.63, 3.8) is 0 Å². The fourth-order valence-electron chi connectivity index (χ4n) is 1.63. The maximum absolute atomic E-state index is 12.5. The molecule has 7 heteroatoms. The van der Waals surface area contributed by atoms with Crippen LogP contribution in [0.3, 0.4) is 0 Å². The largest absolute Gasteiger partial charge is 0.273 e. The maximum Gasteiger partial charge on any atom is 0.273 e. The lowest BCUT2D eigenvalue weighted by molar-refractivity contribution is 0.594. The van der Waals surface area contributed by atoms with Crippen LogP contribution >= 0.6 is 11.3 Å². The Bertz CT molecular complexity index is 702. The lowest BCUT2D eigenvalue weighted by atomic mass is 10.4. The third kappa shape index (κ3) is 2.59. The molecule has 0 N–H and O–H groups in total. The van der Waals surface area contributed by atoms with Crippen molar-refractivity contribution < 1.29 is 8.42 Å². The molecule has 2 rings (SSSR count). The van der Waals surface area contributed by atoms with Gasteiger partial charge >= 0.3 is 0 Å². The molecular formula is C12H11N3O2S2. The number of sulfonamides is 1. The summed E-state index contributed by atoms with van der Waals surface area (Å²) in [6, 6.07) is 8.19. The third-order valence-corrected chi connectivity index (χ3v) is 5.83. The van der Waals surface area contributed by atoms with E-state index < -0.39 is 10.0 Å². The molecular weight excluding hydrogens is 282 g/mol. The Kier molecular flexibility index (Phi) is 3.83. The van der Waals surface area contributed by atoms with E-state index in [0.29, 0.717) is 17.1 Å². The van der Waals surface area contributed by atoms with Crippen LogP contribution in [0.2, 0.25) is 0 Å². The smallest absolute Gasteiger partial charge is 0.266 e. The van der Waals surface area contributed by atoms with Crippen LogP contribution < -0.4 is 4.31 Å². The molecule has 0 unspecified atom stereocenters. The Morgan fingerprint density at radius 3 is 2.53 bits per heavy atom. The third-order valence-electron chi connectivity index (χ3n) is 2.47. The normalized spacial score (nSPS) is 10.9. The molecule has 98 valence electrons. The predicted molar refractivity (Wildman–Crippen MR) is 73.5 cm³/mol. The summed E-state index contributed by atoms with van der Waals surface area (Å²) in [4.78, 5) is 4.25. The molecule has 0 saturated carbocycles. The number of hydrogen-bond acceptors (Lipinski definition) is 5. The van der Waals surface area contributed by atoms with Gasteiger partial charge in [0.15, 0.2) is 0 Å². The average Bonchev–Trinajstić information content (AvgIpc) is 2.90. The van der Waals surface area contributed by atoms with Gasteiger partial charge < -0.3 is 0 Å². The van der Waals surface area contributed by atoms with Gasteiger partial charge in [-0.05, 0) is 31.2 Å². The molecule has 0 aliphatic carbocycles. The molecule has 2 aromatic rings. The molecule has 2 heterocycles. The minimum Gasteiger partial charge on any atom is -0.266 e. The molecule has 0 aromatic carbocycles. The maximum atomic E-state index is 12.5. The van der Waals surface area contributed by atoms with E-state index in [-0.39, 0.29) is 4.21 Å². The molecule has 5 nitrogen and oxygen atoms in total. The highest BCUT2D eigenvalue weighted by Gasteiger charge is 2.25. The van der Waals surface area contributed by atoms with Gasteiger partial charge in [-0.2, -0.15) is 5.26 Å².